The molecule has 0 saturated carbocycles. The summed E-state index contributed by atoms with van der Waals surface area (Å²) < 4.78 is 19.6. The maximum atomic E-state index is 13.9. The van der Waals surface area contributed by atoms with Crippen molar-refractivity contribution in [3.05, 3.63) is 70.5 Å². The first-order valence-electron chi connectivity index (χ1n) is 7.06. The first kappa shape index (κ1) is 15.0. The molecule has 1 heterocycles. The molecular formula is C17H15ClFNO2. The van der Waals surface area contributed by atoms with Crippen LogP contribution in [0.2, 0.25) is 5.02 Å². The van der Waals surface area contributed by atoms with E-state index in [4.69, 9.17) is 16.3 Å². The van der Waals surface area contributed by atoms with E-state index in [2.05, 4.69) is 0 Å². The number of benzene rings is 2. The van der Waals surface area contributed by atoms with E-state index in [0.717, 1.165) is 5.56 Å². The summed E-state index contributed by atoms with van der Waals surface area (Å²) in [5, 5.41) is 0.132. The van der Waals surface area contributed by atoms with Gasteiger partial charge >= 0.3 is 0 Å². The summed E-state index contributed by atoms with van der Waals surface area (Å²) in [7, 11) is 0. The quantitative estimate of drug-likeness (QED) is 0.845. The Labute approximate surface area is 133 Å². The smallest absolute Gasteiger partial charge is 0.258 e. The second-order valence-electron chi connectivity index (χ2n) is 5.12. The number of hydrogen-bond donors (Lipinski definition) is 0. The Balaban J connectivity index is 1.82. The number of ether oxygens (including phenoxy) is 1. The molecule has 1 saturated heterocycles. The monoisotopic (exact) mass is 319 g/mol. The summed E-state index contributed by atoms with van der Waals surface area (Å²) in [6.45, 7) is 1.22. The van der Waals surface area contributed by atoms with Crippen LogP contribution < -0.4 is 0 Å². The molecule has 2 aromatic rings. The average Bonchev–Trinajstić information content (AvgIpc) is 2.55. The van der Waals surface area contributed by atoms with E-state index >= 15 is 0 Å². The standard InChI is InChI=1S/C17H15ClFNO2/c18-13-7-4-8-14(19)16(13)17(21)20-9-10-22-15(11-20)12-5-2-1-3-6-12/h1-8,15H,9-11H2/t15-/m0/s1. The fourth-order valence-electron chi connectivity index (χ4n) is 2.56. The third kappa shape index (κ3) is 2.98. The number of morpholine rings is 1. The lowest BCUT2D eigenvalue weighted by Gasteiger charge is -2.33. The van der Waals surface area contributed by atoms with Gasteiger partial charge in [-0.1, -0.05) is 48.0 Å². The second kappa shape index (κ2) is 6.46. The summed E-state index contributed by atoms with van der Waals surface area (Å²) in [5.74, 6) is -0.993. The third-order valence-corrected chi connectivity index (χ3v) is 4.02. The second-order valence-corrected chi connectivity index (χ2v) is 5.53. The summed E-state index contributed by atoms with van der Waals surface area (Å²) in [6, 6.07) is 13.9. The van der Waals surface area contributed by atoms with Crippen LogP contribution >= 0.6 is 11.6 Å². The van der Waals surface area contributed by atoms with Crippen molar-refractivity contribution in [2.75, 3.05) is 19.7 Å². The van der Waals surface area contributed by atoms with Crippen LogP contribution in [0.25, 0.3) is 0 Å². The molecule has 0 spiro atoms. The molecule has 0 aromatic heterocycles. The van der Waals surface area contributed by atoms with Gasteiger partial charge in [0.2, 0.25) is 0 Å². The van der Waals surface area contributed by atoms with Gasteiger partial charge in [-0.15, -0.1) is 0 Å². The molecule has 5 heteroatoms. The molecule has 3 rings (SSSR count). The Kier molecular flexibility index (Phi) is 4.41. The van der Waals surface area contributed by atoms with E-state index < -0.39 is 11.7 Å². The third-order valence-electron chi connectivity index (χ3n) is 3.70. The molecule has 0 aliphatic carbocycles. The minimum atomic E-state index is -0.597. The van der Waals surface area contributed by atoms with Crippen molar-refractivity contribution in [3.63, 3.8) is 0 Å². The van der Waals surface area contributed by atoms with E-state index in [0.29, 0.717) is 19.7 Å². The molecule has 0 N–H and O–H groups in total. The van der Waals surface area contributed by atoms with Gasteiger partial charge in [0.15, 0.2) is 0 Å². The zero-order valence-electron chi connectivity index (χ0n) is 11.8. The van der Waals surface area contributed by atoms with Crippen LogP contribution in [0.1, 0.15) is 22.0 Å². The normalized spacial score (nSPS) is 18.3. The van der Waals surface area contributed by atoms with Crippen molar-refractivity contribution in [1.82, 2.24) is 4.90 Å². The Morgan fingerprint density at radius 2 is 1.95 bits per heavy atom. The Morgan fingerprint density at radius 3 is 2.68 bits per heavy atom. The van der Waals surface area contributed by atoms with Crippen molar-refractivity contribution < 1.29 is 13.9 Å². The Hall–Kier alpha value is -1.91. The molecule has 0 radical (unpaired) electrons. The van der Waals surface area contributed by atoms with Crippen molar-refractivity contribution in [2.45, 2.75) is 6.10 Å². The number of nitrogens with zero attached hydrogens (tertiary/aromatic N) is 1. The molecule has 1 atom stereocenters. The van der Waals surface area contributed by atoms with Crippen molar-refractivity contribution in [3.8, 4) is 0 Å². The van der Waals surface area contributed by atoms with Crippen LogP contribution in [-0.4, -0.2) is 30.5 Å². The van der Waals surface area contributed by atoms with Crippen molar-refractivity contribution in [2.24, 2.45) is 0 Å². The maximum absolute atomic E-state index is 13.9. The minimum Gasteiger partial charge on any atom is -0.370 e. The van der Waals surface area contributed by atoms with Gasteiger partial charge in [-0.3, -0.25) is 4.79 Å². The molecule has 2 aromatic carbocycles. The number of amides is 1. The number of carbonyl (C=O) groups excluding carboxylic acids is 1. The van der Waals surface area contributed by atoms with E-state index in [1.165, 1.54) is 18.2 Å². The van der Waals surface area contributed by atoms with E-state index in [1.54, 1.807) is 4.90 Å². The lowest BCUT2D eigenvalue weighted by atomic mass is 10.1. The van der Waals surface area contributed by atoms with Crippen LogP contribution in [-0.2, 0) is 4.74 Å². The molecule has 22 heavy (non-hydrogen) atoms. The molecule has 1 fully saturated rings. The van der Waals surface area contributed by atoms with E-state index in [-0.39, 0.29) is 16.7 Å². The molecule has 0 bridgehead atoms. The Bertz CT molecular complexity index is 657. The number of rotatable bonds is 2. The summed E-state index contributed by atoms with van der Waals surface area (Å²) in [6.07, 6.45) is -0.204. The predicted octanol–water partition coefficient (Wildman–Crippen LogP) is 3.69. The highest BCUT2D eigenvalue weighted by atomic mass is 35.5. The van der Waals surface area contributed by atoms with Crippen LogP contribution in [0.4, 0.5) is 4.39 Å². The van der Waals surface area contributed by atoms with Gasteiger partial charge in [-0.2, -0.15) is 0 Å². The number of carbonyl (C=O) groups is 1. The average molecular weight is 320 g/mol. The largest absolute Gasteiger partial charge is 0.370 e. The van der Waals surface area contributed by atoms with Gasteiger partial charge in [0.25, 0.3) is 5.91 Å². The van der Waals surface area contributed by atoms with Gasteiger partial charge in [0.1, 0.15) is 11.9 Å². The van der Waals surface area contributed by atoms with Crippen LogP contribution in [0.15, 0.2) is 48.5 Å². The molecule has 3 nitrogen and oxygen atoms in total. The van der Waals surface area contributed by atoms with Gasteiger partial charge in [0, 0.05) is 6.54 Å². The van der Waals surface area contributed by atoms with Crippen LogP contribution in [0.3, 0.4) is 0 Å². The van der Waals surface area contributed by atoms with E-state index in [9.17, 15) is 9.18 Å². The maximum Gasteiger partial charge on any atom is 0.258 e. The zero-order chi connectivity index (χ0) is 15.5. The van der Waals surface area contributed by atoms with E-state index in [1.807, 2.05) is 30.3 Å². The number of halogens is 2. The molecule has 1 aliphatic rings. The molecule has 1 aliphatic heterocycles. The first-order chi connectivity index (χ1) is 10.7. The topological polar surface area (TPSA) is 29.5 Å². The van der Waals surface area contributed by atoms with Gasteiger partial charge in [0.05, 0.1) is 23.7 Å². The number of hydrogen-bond acceptors (Lipinski definition) is 2. The minimum absolute atomic E-state index is 0.0714. The zero-order valence-corrected chi connectivity index (χ0v) is 12.6. The van der Waals surface area contributed by atoms with Gasteiger partial charge in [-0.05, 0) is 17.7 Å². The van der Waals surface area contributed by atoms with Crippen molar-refractivity contribution in [1.29, 1.82) is 0 Å². The fourth-order valence-corrected chi connectivity index (χ4v) is 2.81. The highest BCUT2D eigenvalue weighted by Crippen LogP contribution is 2.26. The van der Waals surface area contributed by atoms with Crippen LogP contribution in [0.5, 0.6) is 0 Å². The van der Waals surface area contributed by atoms with Gasteiger partial charge in [-0.25, -0.2) is 4.39 Å². The molecule has 0 unspecified atom stereocenters. The lowest BCUT2D eigenvalue weighted by Crippen LogP contribution is -2.42. The first-order valence-corrected chi connectivity index (χ1v) is 7.44. The highest BCUT2D eigenvalue weighted by Gasteiger charge is 2.28. The van der Waals surface area contributed by atoms with Crippen LogP contribution in [0, 0.1) is 5.82 Å². The summed E-state index contributed by atoms with van der Waals surface area (Å²) in [4.78, 5) is 14.2. The SMILES string of the molecule is O=C(c1c(F)cccc1Cl)N1CCO[C@H](c2ccccc2)C1. The highest BCUT2D eigenvalue weighted by molar-refractivity contribution is 6.33. The summed E-state index contributed by atoms with van der Waals surface area (Å²) in [5.41, 5.74) is 0.928. The molecule has 114 valence electrons. The molecule has 1 amide bonds. The predicted molar refractivity (Wildman–Crippen MR) is 82.4 cm³/mol. The Morgan fingerprint density at radius 1 is 1.18 bits per heavy atom. The molecular weight excluding hydrogens is 305 g/mol. The fraction of sp³-hybridized carbons (Fsp3) is 0.235. The lowest BCUT2D eigenvalue weighted by molar-refractivity contribution is -0.0229. The summed E-state index contributed by atoms with van der Waals surface area (Å²) >= 11 is 5.98. The van der Waals surface area contributed by atoms with Gasteiger partial charge < -0.3 is 9.64 Å². The van der Waals surface area contributed by atoms with Crippen molar-refractivity contribution >= 4 is 17.5 Å².